The molecule has 0 aromatic heterocycles. The summed E-state index contributed by atoms with van der Waals surface area (Å²) >= 11 is 0. The van der Waals surface area contributed by atoms with E-state index < -0.39 is 7.26 Å². The molecular weight excluding hydrogens is 684 g/mol. The van der Waals surface area contributed by atoms with E-state index in [0.717, 1.165) is 56.7 Å². The van der Waals surface area contributed by atoms with E-state index in [1.807, 2.05) is 0 Å². The first-order valence-corrected chi connectivity index (χ1v) is 23.4. The van der Waals surface area contributed by atoms with E-state index in [-0.39, 0.29) is 23.3 Å². The highest BCUT2D eigenvalue weighted by molar-refractivity contribution is 7.95. The van der Waals surface area contributed by atoms with Gasteiger partial charge >= 0.3 is 5.97 Å². The second-order valence-electron chi connectivity index (χ2n) is 18.8. The van der Waals surface area contributed by atoms with E-state index in [0.29, 0.717) is 41.6 Å². The number of allylic oxidation sites excluding steroid dienone is 1. The predicted octanol–water partition coefficient (Wildman–Crippen LogP) is 10.0. The number of fused-ring (bicyclic) bond motifs is 7. The van der Waals surface area contributed by atoms with E-state index in [1.54, 1.807) is 5.57 Å². The van der Waals surface area contributed by atoms with E-state index in [9.17, 15) is 4.79 Å². The molecule has 0 bridgehead atoms. The summed E-state index contributed by atoms with van der Waals surface area (Å²) < 4.78 is 20.0. The Kier molecular flexibility index (Phi) is 9.76. The minimum absolute atomic E-state index is 0.00589. The fourth-order valence-electron chi connectivity index (χ4n) is 13.3. The molecule has 4 nitrogen and oxygen atoms in total. The van der Waals surface area contributed by atoms with Crippen LogP contribution in [0.5, 0.6) is 0 Å². The zero-order valence-corrected chi connectivity index (χ0v) is 34.0. The minimum atomic E-state index is -1.96. The average molecular weight is 746 g/mol. The molecule has 0 radical (unpaired) electrons. The van der Waals surface area contributed by atoms with E-state index in [4.69, 9.17) is 14.2 Å². The SMILES string of the molecule is C[C@@H]1CC[C@@]2(OC1)O[C@H]1C[C@H]3[C@@H]4CC=C5C[C@@H](OC(=O)CCC[P+](c6ccccc6)(c6ccccc6)c6ccccc6)CC[C@]5(C)[C@H]4CC[C@]3(C)[C@H]1[C@@H]2C. The minimum Gasteiger partial charge on any atom is -0.462 e. The maximum Gasteiger partial charge on any atom is 0.306 e. The quantitative estimate of drug-likeness (QED) is 0.131. The molecule has 286 valence electrons. The number of benzene rings is 3. The van der Waals surface area contributed by atoms with Crippen LogP contribution in [0.15, 0.2) is 103 Å². The van der Waals surface area contributed by atoms with Crippen LogP contribution in [0.1, 0.15) is 98.3 Å². The molecule has 0 unspecified atom stereocenters. The van der Waals surface area contributed by atoms with Gasteiger partial charge in [-0.3, -0.25) is 4.79 Å². The molecule has 2 aliphatic heterocycles. The highest BCUT2D eigenvalue weighted by Crippen LogP contribution is 2.70. The molecule has 1 spiro atoms. The first-order valence-electron chi connectivity index (χ1n) is 21.4. The monoisotopic (exact) mass is 745 g/mol. The van der Waals surface area contributed by atoms with Gasteiger partial charge in [0, 0.05) is 25.2 Å². The van der Waals surface area contributed by atoms with Gasteiger partial charge in [-0.2, -0.15) is 0 Å². The van der Waals surface area contributed by atoms with Gasteiger partial charge in [0.15, 0.2) is 5.79 Å². The lowest BCUT2D eigenvalue weighted by atomic mass is 9.47. The van der Waals surface area contributed by atoms with Gasteiger partial charge in [-0.1, -0.05) is 93.9 Å². The molecule has 11 atom stereocenters. The van der Waals surface area contributed by atoms with Crippen molar-refractivity contribution in [3.05, 3.63) is 103 Å². The summed E-state index contributed by atoms with van der Waals surface area (Å²) in [6.45, 7) is 10.8. The third-order valence-corrected chi connectivity index (χ3v) is 20.6. The largest absolute Gasteiger partial charge is 0.462 e. The summed E-state index contributed by atoms with van der Waals surface area (Å²) in [5, 5.41) is 4.10. The summed E-state index contributed by atoms with van der Waals surface area (Å²) in [4.78, 5) is 13.6. The molecule has 5 fully saturated rings. The fourth-order valence-corrected chi connectivity index (χ4v) is 17.7. The molecule has 6 aliphatic rings. The molecule has 3 aromatic carbocycles. The molecule has 4 aliphatic carbocycles. The third-order valence-electron chi connectivity index (χ3n) is 16.1. The van der Waals surface area contributed by atoms with Crippen molar-refractivity contribution in [2.45, 2.75) is 116 Å². The number of carbonyl (C=O) groups excluding carboxylic acids is 1. The summed E-state index contributed by atoms with van der Waals surface area (Å²) in [5.41, 5.74) is 2.12. The zero-order valence-electron chi connectivity index (χ0n) is 33.1. The van der Waals surface area contributed by atoms with Crippen LogP contribution < -0.4 is 15.9 Å². The second kappa shape index (κ2) is 14.3. The molecule has 5 heteroatoms. The Hall–Kier alpha value is -2.78. The maximum absolute atomic E-state index is 13.6. The number of hydrogen-bond acceptors (Lipinski definition) is 4. The van der Waals surface area contributed by atoms with Crippen LogP contribution in [0.2, 0.25) is 0 Å². The van der Waals surface area contributed by atoms with Crippen LogP contribution in [0.25, 0.3) is 0 Å². The Balaban J connectivity index is 0.859. The summed E-state index contributed by atoms with van der Waals surface area (Å²) in [7, 11) is -1.96. The number of hydrogen-bond donors (Lipinski definition) is 0. The Bertz CT molecular complexity index is 1720. The normalized spacial score (nSPS) is 38.5. The standard InChI is InChI=1S/C49H62O4P/c1-34-24-29-49(51-33-34)35(2)46-44(53-49)32-43-41-23-22-36-31-37(25-27-47(36,3)42(41)26-28-48(43,46)4)52-45(50)21-14-30-54(38-15-8-5-9-16-38,39-17-10-6-11-18-39)40-19-12-7-13-20-40/h5-13,15-20,22,34-35,37,41-44,46H,14,21,23-33H2,1-4H3/q+1/t34-,35+,37+,41-,42+,43+,44+,46+,47+,48+,49-/m1/s1. The Morgan fingerprint density at radius 1 is 0.815 bits per heavy atom. The topological polar surface area (TPSA) is 44.8 Å². The number of ether oxygens (including phenoxy) is 3. The van der Waals surface area contributed by atoms with Gasteiger partial charge < -0.3 is 14.2 Å². The van der Waals surface area contributed by atoms with Crippen LogP contribution in [0, 0.1) is 46.3 Å². The molecule has 0 amide bonds. The molecule has 3 aromatic rings. The Labute approximate surface area is 325 Å². The predicted molar refractivity (Wildman–Crippen MR) is 221 cm³/mol. The molecule has 0 N–H and O–H groups in total. The number of rotatable bonds is 8. The molecular formula is C49H62O4P+. The van der Waals surface area contributed by atoms with Gasteiger partial charge in [-0.15, -0.1) is 0 Å². The molecule has 54 heavy (non-hydrogen) atoms. The molecule has 2 heterocycles. The summed E-state index contributed by atoms with van der Waals surface area (Å²) in [6, 6.07) is 33.0. The molecule has 2 saturated heterocycles. The van der Waals surface area contributed by atoms with Gasteiger partial charge in [-0.05, 0) is 128 Å². The number of carbonyl (C=O) groups is 1. The average Bonchev–Trinajstić information content (AvgIpc) is 3.64. The smallest absolute Gasteiger partial charge is 0.306 e. The van der Waals surface area contributed by atoms with E-state index >= 15 is 0 Å². The van der Waals surface area contributed by atoms with Gasteiger partial charge in [0.25, 0.3) is 0 Å². The first-order chi connectivity index (χ1) is 26.2. The van der Waals surface area contributed by atoms with Crippen molar-refractivity contribution in [2.75, 3.05) is 12.8 Å². The molecule has 3 saturated carbocycles. The maximum atomic E-state index is 13.6. The van der Waals surface area contributed by atoms with Crippen molar-refractivity contribution < 1.29 is 19.0 Å². The van der Waals surface area contributed by atoms with Crippen LogP contribution in [0.3, 0.4) is 0 Å². The second-order valence-corrected chi connectivity index (χ2v) is 22.4. The Morgan fingerprint density at radius 3 is 2.07 bits per heavy atom. The zero-order chi connectivity index (χ0) is 37.1. The summed E-state index contributed by atoms with van der Waals surface area (Å²) in [6.07, 6.45) is 15.4. The lowest BCUT2D eigenvalue weighted by Gasteiger charge is -2.58. The summed E-state index contributed by atoms with van der Waals surface area (Å²) in [5.74, 6) is 3.49. The highest BCUT2D eigenvalue weighted by atomic mass is 31.2. The van der Waals surface area contributed by atoms with Gasteiger partial charge in [-0.25, -0.2) is 0 Å². The van der Waals surface area contributed by atoms with Crippen LogP contribution >= 0.6 is 7.26 Å². The first kappa shape index (κ1) is 36.8. The van der Waals surface area contributed by atoms with Crippen molar-refractivity contribution in [3.63, 3.8) is 0 Å². The van der Waals surface area contributed by atoms with Crippen LogP contribution in [-0.2, 0) is 19.0 Å². The van der Waals surface area contributed by atoms with Crippen molar-refractivity contribution in [1.82, 2.24) is 0 Å². The highest BCUT2D eigenvalue weighted by Gasteiger charge is 2.68. The van der Waals surface area contributed by atoms with Crippen molar-refractivity contribution in [3.8, 4) is 0 Å². The van der Waals surface area contributed by atoms with Crippen LogP contribution in [0.4, 0.5) is 0 Å². The van der Waals surface area contributed by atoms with E-state index in [2.05, 4.69) is 125 Å². The van der Waals surface area contributed by atoms with Crippen molar-refractivity contribution in [2.24, 2.45) is 46.3 Å². The lowest BCUT2D eigenvalue weighted by molar-refractivity contribution is -0.272. The Morgan fingerprint density at radius 2 is 1.46 bits per heavy atom. The van der Waals surface area contributed by atoms with Gasteiger partial charge in [0.05, 0.1) is 18.9 Å². The van der Waals surface area contributed by atoms with Crippen molar-refractivity contribution in [1.29, 1.82) is 0 Å². The fraction of sp³-hybridized carbons (Fsp3) is 0.571. The lowest BCUT2D eigenvalue weighted by Crippen LogP contribution is -2.52. The van der Waals surface area contributed by atoms with Crippen LogP contribution in [-0.4, -0.2) is 36.7 Å². The van der Waals surface area contributed by atoms with Gasteiger partial charge in [0.1, 0.15) is 29.3 Å². The third kappa shape index (κ3) is 5.99. The van der Waals surface area contributed by atoms with Crippen molar-refractivity contribution >= 4 is 29.1 Å². The van der Waals surface area contributed by atoms with E-state index in [1.165, 1.54) is 48.0 Å². The number of esters is 1. The molecule has 9 rings (SSSR count). The van der Waals surface area contributed by atoms with Gasteiger partial charge in [0.2, 0.25) is 0 Å².